The molecule has 172 valence electrons. The Morgan fingerprint density at radius 3 is 2.61 bits per heavy atom. The van der Waals surface area contributed by atoms with Crippen LogP contribution in [0.1, 0.15) is 24.8 Å². The number of aromatic hydroxyl groups is 1. The lowest BCUT2D eigenvalue weighted by atomic mass is 9.84. The third kappa shape index (κ3) is 6.51. The van der Waals surface area contributed by atoms with E-state index in [0.717, 1.165) is 31.3 Å². The molecule has 0 bridgehead atoms. The van der Waals surface area contributed by atoms with Crippen molar-refractivity contribution in [2.24, 2.45) is 16.5 Å². The number of benzene rings is 1. The van der Waals surface area contributed by atoms with Crippen LogP contribution in [0.15, 0.2) is 59.4 Å². The van der Waals surface area contributed by atoms with Crippen molar-refractivity contribution < 1.29 is 14.3 Å². The van der Waals surface area contributed by atoms with Gasteiger partial charge in [0.2, 0.25) is 5.95 Å². The van der Waals surface area contributed by atoms with Gasteiger partial charge in [0.1, 0.15) is 11.6 Å². The van der Waals surface area contributed by atoms with Gasteiger partial charge in [0.25, 0.3) is 5.91 Å². The number of halogens is 1. The van der Waals surface area contributed by atoms with Crippen LogP contribution in [0.5, 0.6) is 5.75 Å². The van der Waals surface area contributed by atoms with Crippen molar-refractivity contribution >= 4 is 17.4 Å². The van der Waals surface area contributed by atoms with Crippen LogP contribution >= 0.6 is 0 Å². The number of carbonyl (C=O) groups excluding carboxylic acids is 1. The molecule has 1 aromatic heterocycles. The highest BCUT2D eigenvalue weighted by atomic mass is 19.1. The van der Waals surface area contributed by atoms with E-state index in [2.05, 4.69) is 26.3 Å². The van der Waals surface area contributed by atoms with E-state index < -0.39 is 17.4 Å². The molecule has 0 unspecified atom stereocenters. The van der Waals surface area contributed by atoms with E-state index >= 15 is 0 Å². The molecule has 1 aliphatic heterocycles. The van der Waals surface area contributed by atoms with Crippen LogP contribution in [0.2, 0.25) is 0 Å². The van der Waals surface area contributed by atoms with E-state index in [1.54, 1.807) is 12.1 Å². The second-order valence-electron chi connectivity index (χ2n) is 7.96. The summed E-state index contributed by atoms with van der Waals surface area (Å²) in [5.41, 5.74) is 12.1. The number of likely N-dealkylation sites (tertiary alicyclic amines) is 1. The Hall–Kier alpha value is -3.97. The lowest BCUT2D eigenvalue weighted by molar-refractivity contribution is -0.114. The Kier molecular flexibility index (Phi) is 7.58. The van der Waals surface area contributed by atoms with Crippen LogP contribution in [0.25, 0.3) is 0 Å². The van der Waals surface area contributed by atoms with E-state index in [0.29, 0.717) is 12.8 Å². The number of phenolic OH excluding ortho intramolecular Hbond substituents is 1. The summed E-state index contributed by atoms with van der Waals surface area (Å²) in [6.45, 7) is 2.19. The zero-order chi connectivity index (χ0) is 23.8. The van der Waals surface area contributed by atoms with Gasteiger partial charge < -0.3 is 21.9 Å². The van der Waals surface area contributed by atoms with E-state index in [1.807, 2.05) is 12.1 Å². The van der Waals surface area contributed by atoms with Gasteiger partial charge in [0.05, 0.1) is 29.3 Å². The zero-order valence-electron chi connectivity index (χ0n) is 18.0. The predicted octanol–water partition coefficient (Wildman–Crippen LogP) is 1.82. The molecular weight excluding hydrogens is 425 g/mol. The number of rotatable bonds is 8. The number of phenols is 1. The Bertz CT molecular complexity index is 1080. The molecule has 2 aromatic rings. The van der Waals surface area contributed by atoms with Crippen molar-refractivity contribution in [2.45, 2.75) is 31.3 Å². The molecule has 1 saturated heterocycles. The minimum Gasteiger partial charge on any atom is -0.508 e. The molecule has 0 spiro atoms. The number of primary amides is 1. The maximum atomic E-state index is 13.3. The number of aromatic nitrogens is 1. The first kappa shape index (κ1) is 23.7. The molecule has 0 aliphatic carbocycles. The average molecular weight is 452 g/mol. The first-order valence-electron chi connectivity index (χ1n) is 10.4. The Balaban J connectivity index is 1.71. The number of nitriles is 1. The second-order valence-corrected chi connectivity index (χ2v) is 7.96. The minimum absolute atomic E-state index is 0.0592. The summed E-state index contributed by atoms with van der Waals surface area (Å²) in [7, 11) is 0. The summed E-state index contributed by atoms with van der Waals surface area (Å²) in [6.07, 6.45) is 4.18. The SMILES string of the molecule is N#CCC1(N/C=C(/C(N)=O)C(N)=Nc2ccnc(F)c2)CCN(Cc2ccc(O)cc2)CC1. The van der Waals surface area contributed by atoms with Gasteiger partial charge >= 0.3 is 0 Å². The van der Waals surface area contributed by atoms with Gasteiger partial charge in [-0.3, -0.25) is 9.69 Å². The number of piperidine rings is 1. The average Bonchev–Trinajstić information content (AvgIpc) is 2.77. The maximum absolute atomic E-state index is 13.3. The number of amidine groups is 1. The normalized spacial score (nSPS) is 16.7. The van der Waals surface area contributed by atoms with Crippen molar-refractivity contribution in [1.29, 1.82) is 5.26 Å². The van der Waals surface area contributed by atoms with Gasteiger partial charge in [0.15, 0.2) is 0 Å². The van der Waals surface area contributed by atoms with E-state index in [9.17, 15) is 19.6 Å². The van der Waals surface area contributed by atoms with Gasteiger partial charge in [-0.05, 0) is 36.6 Å². The maximum Gasteiger partial charge on any atom is 0.253 e. The molecule has 1 aliphatic rings. The topological polar surface area (TPSA) is 154 Å². The summed E-state index contributed by atoms with van der Waals surface area (Å²) in [5.74, 6) is -1.46. The zero-order valence-corrected chi connectivity index (χ0v) is 18.0. The van der Waals surface area contributed by atoms with Crippen molar-refractivity contribution in [2.75, 3.05) is 13.1 Å². The molecule has 0 saturated carbocycles. The van der Waals surface area contributed by atoms with Gasteiger partial charge in [-0.15, -0.1) is 0 Å². The van der Waals surface area contributed by atoms with Crippen LogP contribution in [0, 0.1) is 17.3 Å². The van der Waals surface area contributed by atoms with E-state index in [4.69, 9.17) is 11.5 Å². The Morgan fingerprint density at radius 2 is 2.00 bits per heavy atom. The van der Waals surface area contributed by atoms with Crippen LogP contribution in [0.4, 0.5) is 10.1 Å². The Morgan fingerprint density at radius 1 is 1.30 bits per heavy atom. The molecule has 2 heterocycles. The van der Waals surface area contributed by atoms with Gasteiger partial charge in [-0.25, -0.2) is 9.98 Å². The molecule has 1 fully saturated rings. The highest BCUT2D eigenvalue weighted by Crippen LogP contribution is 2.27. The van der Waals surface area contributed by atoms with Crippen molar-refractivity contribution in [1.82, 2.24) is 15.2 Å². The van der Waals surface area contributed by atoms with Crippen molar-refractivity contribution in [3.63, 3.8) is 0 Å². The standard InChI is InChI=1S/C23H26FN7O2/c24-20-13-17(5-10-28-20)30-21(26)19(22(27)33)14-29-23(6-9-25)7-11-31(12-8-23)15-16-1-3-18(32)4-2-16/h1-5,10,13-14,29,32H,6-8,11-12,15H2,(H2,27,33)(H2,26,28,30)/b19-14+. The highest BCUT2D eigenvalue weighted by Gasteiger charge is 2.34. The van der Waals surface area contributed by atoms with E-state index in [1.165, 1.54) is 18.5 Å². The Labute approximate surface area is 191 Å². The highest BCUT2D eigenvalue weighted by molar-refractivity contribution is 6.20. The monoisotopic (exact) mass is 451 g/mol. The molecule has 3 rings (SSSR count). The lowest BCUT2D eigenvalue weighted by Gasteiger charge is -2.41. The largest absolute Gasteiger partial charge is 0.508 e. The molecule has 9 nitrogen and oxygen atoms in total. The van der Waals surface area contributed by atoms with Crippen LogP contribution < -0.4 is 16.8 Å². The summed E-state index contributed by atoms with van der Waals surface area (Å²) >= 11 is 0. The van der Waals surface area contributed by atoms with Crippen LogP contribution in [-0.4, -0.2) is 45.4 Å². The van der Waals surface area contributed by atoms with Crippen LogP contribution in [-0.2, 0) is 11.3 Å². The minimum atomic E-state index is -0.796. The molecule has 33 heavy (non-hydrogen) atoms. The molecule has 0 atom stereocenters. The summed E-state index contributed by atoms with van der Waals surface area (Å²) in [6, 6.07) is 11.8. The number of hydrogen-bond donors (Lipinski definition) is 4. The number of amides is 1. The smallest absolute Gasteiger partial charge is 0.253 e. The van der Waals surface area contributed by atoms with Crippen molar-refractivity contribution in [3.05, 3.63) is 65.9 Å². The third-order valence-electron chi connectivity index (χ3n) is 5.60. The van der Waals surface area contributed by atoms with Crippen molar-refractivity contribution in [3.8, 4) is 11.8 Å². The summed E-state index contributed by atoms with van der Waals surface area (Å²) in [4.78, 5) is 21.8. The number of nitrogens with one attached hydrogen (secondary N) is 1. The molecule has 0 radical (unpaired) electrons. The quantitative estimate of drug-likeness (QED) is 0.207. The van der Waals surface area contributed by atoms with Gasteiger partial charge in [-0.2, -0.15) is 9.65 Å². The molecule has 10 heteroatoms. The van der Waals surface area contributed by atoms with E-state index in [-0.39, 0.29) is 29.3 Å². The molecular formula is C23H26FN7O2. The predicted molar refractivity (Wildman–Crippen MR) is 121 cm³/mol. The van der Waals surface area contributed by atoms with Crippen LogP contribution in [0.3, 0.4) is 0 Å². The molecule has 1 amide bonds. The van der Waals surface area contributed by atoms with Gasteiger partial charge in [0, 0.05) is 38.1 Å². The fourth-order valence-corrected chi connectivity index (χ4v) is 3.68. The third-order valence-corrected chi connectivity index (χ3v) is 5.60. The summed E-state index contributed by atoms with van der Waals surface area (Å²) in [5, 5.41) is 22.0. The lowest BCUT2D eigenvalue weighted by Crippen LogP contribution is -2.51. The fraction of sp³-hybridized carbons (Fsp3) is 0.304. The van der Waals surface area contributed by atoms with Gasteiger partial charge in [-0.1, -0.05) is 12.1 Å². The first-order chi connectivity index (χ1) is 15.8. The number of nitrogens with zero attached hydrogens (tertiary/aromatic N) is 4. The number of aliphatic imine (C=N–C) groups is 1. The number of hydrogen-bond acceptors (Lipinski definition) is 7. The first-order valence-corrected chi connectivity index (χ1v) is 10.4. The number of nitrogens with two attached hydrogens (primary N) is 2. The summed E-state index contributed by atoms with van der Waals surface area (Å²) < 4.78 is 13.3. The second kappa shape index (κ2) is 10.6. The molecule has 1 aromatic carbocycles. The number of carbonyl (C=O) groups is 1. The fourth-order valence-electron chi connectivity index (χ4n) is 3.68. The molecule has 6 N–H and O–H groups in total. The number of pyridine rings is 1.